The number of hydrogen-bond acceptors (Lipinski definition) is 6. The zero-order valence-corrected chi connectivity index (χ0v) is 15.0. The number of nitrogens with one attached hydrogen (secondary N) is 1. The molecule has 0 spiro atoms. The predicted octanol–water partition coefficient (Wildman–Crippen LogP) is 1.45. The summed E-state index contributed by atoms with van der Waals surface area (Å²) in [6.45, 7) is 2.22. The van der Waals surface area contributed by atoms with E-state index in [0.717, 1.165) is 17.8 Å². The number of hydrogen-bond donors (Lipinski definition) is 1. The van der Waals surface area contributed by atoms with Gasteiger partial charge in [0.2, 0.25) is 5.96 Å². The molecule has 3 rings (SSSR count). The van der Waals surface area contributed by atoms with E-state index in [9.17, 15) is 9.59 Å². The Kier molecular flexibility index (Phi) is 5.69. The average Bonchev–Trinajstić information content (AvgIpc) is 2.97. The molecule has 2 aliphatic heterocycles. The number of amidine groups is 1. The Bertz CT molecular complexity index is 772. The highest BCUT2D eigenvalue weighted by Crippen LogP contribution is 2.34. The first-order valence-corrected chi connectivity index (χ1v) is 8.78. The summed E-state index contributed by atoms with van der Waals surface area (Å²) in [5, 5.41) is 8.56. The number of esters is 1. The van der Waals surface area contributed by atoms with Crippen LogP contribution in [0.1, 0.15) is 0 Å². The highest BCUT2D eigenvalue weighted by Gasteiger charge is 2.36. The van der Waals surface area contributed by atoms with Crippen molar-refractivity contribution in [1.82, 2.24) is 4.90 Å². The number of amides is 1. The van der Waals surface area contributed by atoms with Crippen molar-refractivity contribution in [3.8, 4) is 0 Å². The van der Waals surface area contributed by atoms with Crippen molar-refractivity contribution in [1.29, 1.82) is 5.41 Å². The van der Waals surface area contributed by atoms with Crippen LogP contribution in [-0.2, 0) is 19.1 Å². The van der Waals surface area contributed by atoms with Crippen LogP contribution in [0.2, 0.25) is 0 Å². The Hall–Kier alpha value is -2.65. The maximum Gasteiger partial charge on any atom is 0.331 e. The fourth-order valence-corrected chi connectivity index (χ4v) is 3.40. The van der Waals surface area contributed by atoms with E-state index in [-0.39, 0.29) is 16.8 Å². The fourth-order valence-electron chi connectivity index (χ4n) is 2.46. The van der Waals surface area contributed by atoms with Crippen LogP contribution in [0.5, 0.6) is 0 Å². The monoisotopic (exact) mass is 374 g/mol. The molecule has 1 aromatic carbocycles. The van der Waals surface area contributed by atoms with Crippen molar-refractivity contribution in [2.75, 3.05) is 38.3 Å². The first-order chi connectivity index (χ1) is 12.6. The number of carbonyl (C=O) groups is 2. The lowest BCUT2D eigenvalue weighted by Crippen LogP contribution is -2.40. The summed E-state index contributed by atoms with van der Waals surface area (Å²) in [5.41, 5.74) is 0.617. The first-order valence-electron chi connectivity index (χ1n) is 7.97. The van der Waals surface area contributed by atoms with Gasteiger partial charge in [0, 0.05) is 19.2 Å². The molecule has 0 radical (unpaired) electrons. The molecule has 0 aliphatic carbocycles. The van der Waals surface area contributed by atoms with E-state index in [1.54, 1.807) is 29.2 Å². The number of guanidine groups is 1. The van der Waals surface area contributed by atoms with E-state index in [0.29, 0.717) is 37.2 Å². The number of thioether (sulfide) groups is 1. The number of para-hydroxylation sites is 1. The normalized spacial score (nSPS) is 20.7. The minimum absolute atomic E-state index is 0.0591. The number of carbonyl (C=O) groups excluding carboxylic acids is 2. The molecule has 2 fully saturated rings. The third-order valence-electron chi connectivity index (χ3n) is 3.78. The standard InChI is InChI=1S/C17H18N4O4S/c1-24-14(22)11-13-15(23)21(12-5-3-2-4-6-12)17(26-13)19-16(18)20-7-9-25-10-8-20/h2-6,11,18H,7-10H2,1H3/b13-11+,18-16?,19-17-. The van der Waals surface area contributed by atoms with Gasteiger partial charge >= 0.3 is 5.97 Å². The molecule has 9 heteroatoms. The molecule has 2 aliphatic rings. The van der Waals surface area contributed by atoms with Gasteiger partial charge in [-0.2, -0.15) is 4.99 Å². The Labute approximate surface area is 155 Å². The molecule has 1 N–H and O–H groups in total. The molecule has 1 aromatic rings. The summed E-state index contributed by atoms with van der Waals surface area (Å²) >= 11 is 1.05. The van der Waals surface area contributed by atoms with Crippen LogP contribution >= 0.6 is 11.8 Å². The lowest BCUT2D eigenvalue weighted by atomic mass is 10.3. The molecule has 0 aromatic heterocycles. The summed E-state index contributed by atoms with van der Waals surface area (Å²) < 4.78 is 9.89. The first kappa shape index (κ1) is 18.2. The van der Waals surface area contributed by atoms with Gasteiger partial charge < -0.3 is 14.4 Å². The zero-order valence-electron chi connectivity index (χ0n) is 14.2. The van der Waals surface area contributed by atoms with Gasteiger partial charge in [-0.1, -0.05) is 18.2 Å². The van der Waals surface area contributed by atoms with E-state index in [1.165, 1.54) is 12.0 Å². The third-order valence-corrected chi connectivity index (χ3v) is 4.75. The van der Waals surface area contributed by atoms with Crippen LogP contribution in [0.15, 0.2) is 46.3 Å². The molecule has 8 nitrogen and oxygen atoms in total. The number of nitrogens with zero attached hydrogens (tertiary/aromatic N) is 3. The van der Waals surface area contributed by atoms with Crippen molar-refractivity contribution in [3.63, 3.8) is 0 Å². The van der Waals surface area contributed by atoms with Crippen molar-refractivity contribution in [2.45, 2.75) is 0 Å². The van der Waals surface area contributed by atoms with Gasteiger partial charge in [0.1, 0.15) is 0 Å². The third kappa shape index (κ3) is 3.94. The van der Waals surface area contributed by atoms with Crippen LogP contribution in [0.3, 0.4) is 0 Å². The van der Waals surface area contributed by atoms with Gasteiger partial charge in [-0.15, -0.1) is 0 Å². The minimum Gasteiger partial charge on any atom is -0.466 e. The molecule has 2 heterocycles. The van der Waals surface area contributed by atoms with Crippen molar-refractivity contribution < 1.29 is 19.1 Å². The van der Waals surface area contributed by atoms with Crippen molar-refractivity contribution in [2.24, 2.45) is 4.99 Å². The van der Waals surface area contributed by atoms with E-state index in [2.05, 4.69) is 9.73 Å². The molecule has 0 saturated carbocycles. The second-order valence-corrected chi connectivity index (χ2v) is 6.44. The lowest BCUT2D eigenvalue weighted by Gasteiger charge is -2.27. The van der Waals surface area contributed by atoms with Crippen LogP contribution < -0.4 is 4.90 Å². The number of aliphatic imine (C=N–C) groups is 1. The molecular weight excluding hydrogens is 356 g/mol. The molecule has 2 saturated heterocycles. The summed E-state index contributed by atoms with van der Waals surface area (Å²) in [7, 11) is 1.25. The SMILES string of the molecule is COC(=O)/C=C1/S/C(=N\C(=N)N2CCOCC2)N(c2ccccc2)C1=O. The molecule has 136 valence electrons. The zero-order chi connectivity index (χ0) is 18.5. The summed E-state index contributed by atoms with van der Waals surface area (Å²) in [6, 6.07) is 9.00. The summed E-state index contributed by atoms with van der Waals surface area (Å²) in [5.74, 6) is -0.928. The Morgan fingerprint density at radius 3 is 2.65 bits per heavy atom. The topological polar surface area (TPSA) is 95.3 Å². The van der Waals surface area contributed by atoms with Gasteiger partial charge in [-0.05, 0) is 23.9 Å². The summed E-state index contributed by atoms with van der Waals surface area (Å²) in [6.07, 6.45) is 1.14. The Morgan fingerprint density at radius 2 is 2.00 bits per heavy atom. The molecular formula is C17H18N4O4S. The van der Waals surface area contributed by atoms with Crippen LogP contribution in [-0.4, -0.2) is 61.3 Å². The van der Waals surface area contributed by atoms with Crippen molar-refractivity contribution in [3.05, 3.63) is 41.3 Å². The summed E-state index contributed by atoms with van der Waals surface area (Å²) in [4.78, 5) is 32.0. The van der Waals surface area contributed by atoms with E-state index in [1.807, 2.05) is 6.07 Å². The number of methoxy groups -OCH3 is 1. The predicted molar refractivity (Wildman–Crippen MR) is 99.2 cm³/mol. The number of benzene rings is 1. The highest BCUT2D eigenvalue weighted by atomic mass is 32.2. The van der Waals surface area contributed by atoms with Gasteiger partial charge in [-0.25, -0.2) is 4.79 Å². The van der Waals surface area contributed by atoms with Gasteiger partial charge in [0.15, 0.2) is 5.17 Å². The van der Waals surface area contributed by atoms with Gasteiger partial charge in [0.25, 0.3) is 5.91 Å². The van der Waals surface area contributed by atoms with E-state index < -0.39 is 5.97 Å². The lowest BCUT2D eigenvalue weighted by molar-refractivity contribution is -0.135. The Balaban J connectivity index is 1.93. The molecule has 0 atom stereocenters. The largest absolute Gasteiger partial charge is 0.466 e. The minimum atomic E-state index is -0.613. The molecule has 26 heavy (non-hydrogen) atoms. The van der Waals surface area contributed by atoms with Crippen LogP contribution in [0, 0.1) is 5.41 Å². The molecule has 0 bridgehead atoms. The smallest absolute Gasteiger partial charge is 0.331 e. The van der Waals surface area contributed by atoms with E-state index in [4.69, 9.17) is 10.1 Å². The maximum absolute atomic E-state index is 12.8. The second kappa shape index (κ2) is 8.15. The van der Waals surface area contributed by atoms with Gasteiger partial charge in [0.05, 0.1) is 30.9 Å². The fraction of sp³-hybridized carbons (Fsp3) is 0.294. The van der Waals surface area contributed by atoms with Crippen molar-refractivity contribution >= 4 is 40.5 Å². The number of ether oxygens (including phenoxy) is 2. The van der Waals surface area contributed by atoms with Crippen LogP contribution in [0.25, 0.3) is 0 Å². The quantitative estimate of drug-likeness (QED) is 0.364. The number of rotatable bonds is 2. The average molecular weight is 374 g/mol. The molecule has 0 unspecified atom stereocenters. The van der Waals surface area contributed by atoms with Crippen LogP contribution in [0.4, 0.5) is 5.69 Å². The number of anilines is 1. The second-order valence-electron chi connectivity index (χ2n) is 5.43. The number of morpholine rings is 1. The highest BCUT2D eigenvalue weighted by molar-refractivity contribution is 8.19. The van der Waals surface area contributed by atoms with E-state index >= 15 is 0 Å². The van der Waals surface area contributed by atoms with Gasteiger partial charge in [-0.3, -0.25) is 15.1 Å². The Morgan fingerprint density at radius 1 is 1.31 bits per heavy atom. The molecule has 1 amide bonds. The maximum atomic E-state index is 12.8.